The van der Waals surface area contributed by atoms with Crippen molar-refractivity contribution in [2.45, 2.75) is 25.7 Å². The Labute approximate surface area is 158 Å². The fourth-order valence-corrected chi connectivity index (χ4v) is 4.57. The van der Waals surface area contributed by atoms with Crippen LogP contribution < -0.4 is 4.74 Å². The van der Waals surface area contributed by atoms with E-state index in [1.807, 2.05) is 12.1 Å². The highest BCUT2D eigenvalue weighted by molar-refractivity contribution is 6.11. The Kier molecular flexibility index (Phi) is 3.65. The summed E-state index contributed by atoms with van der Waals surface area (Å²) < 4.78 is 11.9. The molecule has 5 rings (SSSR count). The largest absolute Gasteiger partial charge is 0.496 e. The number of hydrogen-bond acceptors (Lipinski definition) is 3. The number of methoxy groups -OCH3 is 1. The second-order valence-electron chi connectivity index (χ2n) is 7.04. The summed E-state index contributed by atoms with van der Waals surface area (Å²) in [4.78, 5) is 0. The Morgan fingerprint density at radius 2 is 1.81 bits per heavy atom. The first-order chi connectivity index (χ1) is 13.3. The number of nitriles is 1. The lowest BCUT2D eigenvalue weighted by molar-refractivity contribution is 0.293. The number of nitrogens with zero attached hydrogens (tertiary/aromatic N) is 1. The predicted octanol–water partition coefficient (Wildman–Crippen LogP) is 5.19. The number of rotatable bonds is 1. The SMILES string of the molecule is COc1cccc2c1CCC1=C2C2=C(CCc3ccccc32)/C(=C\C#N)O1. The molecule has 2 aromatic carbocycles. The standard InChI is InChI=1S/C24H19NO2/c1-26-20-8-4-7-18-17(20)11-12-22-24(18)23-16-6-3-2-5-15(16)9-10-19(23)21(27-22)13-14-25/h2-8,13H,9-12H2,1H3/b21-13+. The van der Waals surface area contributed by atoms with Crippen molar-refractivity contribution in [1.29, 1.82) is 5.26 Å². The Morgan fingerprint density at radius 3 is 2.67 bits per heavy atom. The molecule has 1 aliphatic heterocycles. The molecule has 0 saturated carbocycles. The number of hydrogen-bond donors (Lipinski definition) is 0. The summed E-state index contributed by atoms with van der Waals surface area (Å²) >= 11 is 0. The quantitative estimate of drug-likeness (QED) is 0.663. The molecule has 2 aliphatic carbocycles. The second kappa shape index (κ2) is 6.17. The van der Waals surface area contributed by atoms with Crippen LogP contribution in [0.25, 0.3) is 11.1 Å². The first-order valence-corrected chi connectivity index (χ1v) is 9.31. The molecule has 3 heteroatoms. The maximum atomic E-state index is 9.26. The average Bonchev–Trinajstić information content (AvgIpc) is 2.72. The minimum atomic E-state index is 0.715. The molecule has 0 spiro atoms. The third-order valence-corrected chi connectivity index (χ3v) is 5.71. The van der Waals surface area contributed by atoms with Crippen LogP contribution in [-0.4, -0.2) is 7.11 Å². The fraction of sp³-hybridized carbons (Fsp3) is 0.208. The summed E-state index contributed by atoms with van der Waals surface area (Å²) in [6.07, 6.45) is 5.09. The zero-order valence-corrected chi connectivity index (χ0v) is 15.2. The summed E-state index contributed by atoms with van der Waals surface area (Å²) in [6, 6.07) is 17.0. The van der Waals surface area contributed by atoms with Crippen molar-refractivity contribution >= 4 is 11.1 Å². The van der Waals surface area contributed by atoms with E-state index in [0.29, 0.717) is 5.76 Å². The first-order valence-electron chi connectivity index (χ1n) is 9.31. The molecule has 27 heavy (non-hydrogen) atoms. The number of fused-ring (bicyclic) bond motifs is 5. The van der Waals surface area contributed by atoms with Gasteiger partial charge in [0.25, 0.3) is 0 Å². The van der Waals surface area contributed by atoms with E-state index in [0.717, 1.165) is 42.8 Å². The lowest BCUT2D eigenvalue weighted by atomic mass is 9.74. The minimum absolute atomic E-state index is 0.715. The van der Waals surface area contributed by atoms with E-state index >= 15 is 0 Å². The summed E-state index contributed by atoms with van der Waals surface area (Å²) in [6.45, 7) is 0. The van der Waals surface area contributed by atoms with Gasteiger partial charge in [0.1, 0.15) is 17.3 Å². The minimum Gasteiger partial charge on any atom is -0.496 e. The molecular weight excluding hydrogens is 334 g/mol. The van der Waals surface area contributed by atoms with Gasteiger partial charge in [-0.3, -0.25) is 0 Å². The first kappa shape index (κ1) is 16.0. The number of aryl methyl sites for hydroxylation is 1. The van der Waals surface area contributed by atoms with Crippen LogP contribution >= 0.6 is 0 Å². The van der Waals surface area contributed by atoms with Crippen molar-refractivity contribution in [2.24, 2.45) is 0 Å². The molecule has 0 fully saturated rings. The van der Waals surface area contributed by atoms with Crippen molar-refractivity contribution in [1.82, 2.24) is 0 Å². The lowest BCUT2D eigenvalue weighted by Crippen LogP contribution is -2.19. The molecule has 2 aromatic rings. The highest BCUT2D eigenvalue weighted by Gasteiger charge is 2.35. The maximum absolute atomic E-state index is 9.26. The molecule has 0 aromatic heterocycles. The summed E-state index contributed by atoms with van der Waals surface area (Å²) in [5.41, 5.74) is 8.59. The Bertz CT molecular complexity index is 1100. The molecule has 3 nitrogen and oxygen atoms in total. The van der Waals surface area contributed by atoms with Crippen LogP contribution in [0.4, 0.5) is 0 Å². The molecule has 0 radical (unpaired) electrons. The zero-order valence-electron chi connectivity index (χ0n) is 15.2. The van der Waals surface area contributed by atoms with Crippen molar-refractivity contribution in [3.63, 3.8) is 0 Å². The highest BCUT2D eigenvalue weighted by Crippen LogP contribution is 2.52. The smallest absolute Gasteiger partial charge is 0.141 e. The molecule has 132 valence electrons. The van der Waals surface area contributed by atoms with E-state index in [4.69, 9.17) is 9.47 Å². The molecule has 0 N–H and O–H groups in total. The third kappa shape index (κ3) is 2.34. The molecule has 0 amide bonds. The van der Waals surface area contributed by atoms with E-state index in [2.05, 4.69) is 36.4 Å². The van der Waals surface area contributed by atoms with Crippen LogP contribution in [0.3, 0.4) is 0 Å². The van der Waals surface area contributed by atoms with Crippen LogP contribution in [0.2, 0.25) is 0 Å². The number of allylic oxidation sites excluding steroid dienone is 5. The van der Waals surface area contributed by atoms with E-state index in [-0.39, 0.29) is 0 Å². The highest BCUT2D eigenvalue weighted by atomic mass is 16.5. The van der Waals surface area contributed by atoms with Gasteiger partial charge in [-0.1, -0.05) is 36.4 Å². The van der Waals surface area contributed by atoms with Crippen LogP contribution in [-0.2, 0) is 17.6 Å². The maximum Gasteiger partial charge on any atom is 0.141 e. The van der Waals surface area contributed by atoms with E-state index in [9.17, 15) is 5.26 Å². The van der Waals surface area contributed by atoms with Gasteiger partial charge in [-0.15, -0.1) is 0 Å². The average molecular weight is 353 g/mol. The van der Waals surface area contributed by atoms with Gasteiger partial charge >= 0.3 is 0 Å². The fourth-order valence-electron chi connectivity index (χ4n) is 4.57. The Hall–Kier alpha value is -3.25. The van der Waals surface area contributed by atoms with Gasteiger partial charge in [-0.05, 0) is 42.0 Å². The summed E-state index contributed by atoms with van der Waals surface area (Å²) in [7, 11) is 1.73. The second-order valence-corrected chi connectivity index (χ2v) is 7.04. The molecule has 1 heterocycles. The van der Waals surface area contributed by atoms with E-state index < -0.39 is 0 Å². The molecule has 0 saturated heterocycles. The molecule has 0 unspecified atom stereocenters. The van der Waals surface area contributed by atoms with Gasteiger partial charge in [0.2, 0.25) is 0 Å². The number of ether oxygens (including phenoxy) is 2. The van der Waals surface area contributed by atoms with Crippen LogP contribution in [0.1, 0.15) is 35.1 Å². The summed E-state index contributed by atoms with van der Waals surface area (Å²) in [5, 5.41) is 9.26. The molecule has 3 aliphatic rings. The van der Waals surface area contributed by atoms with Crippen LogP contribution in [0.5, 0.6) is 5.75 Å². The van der Waals surface area contributed by atoms with Gasteiger partial charge < -0.3 is 9.47 Å². The van der Waals surface area contributed by atoms with E-state index in [1.54, 1.807) is 13.2 Å². The zero-order chi connectivity index (χ0) is 18.4. The topological polar surface area (TPSA) is 42.2 Å². The normalized spacial score (nSPS) is 18.7. The van der Waals surface area contributed by atoms with Crippen molar-refractivity contribution in [3.8, 4) is 11.8 Å². The van der Waals surface area contributed by atoms with Gasteiger partial charge in [-0.2, -0.15) is 5.26 Å². The van der Waals surface area contributed by atoms with Crippen molar-refractivity contribution in [2.75, 3.05) is 7.11 Å². The van der Waals surface area contributed by atoms with Gasteiger partial charge in [0, 0.05) is 28.7 Å². The van der Waals surface area contributed by atoms with Gasteiger partial charge in [0.15, 0.2) is 0 Å². The monoisotopic (exact) mass is 353 g/mol. The Balaban J connectivity index is 1.82. The van der Waals surface area contributed by atoms with Crippen molar-refractivity contribution < 1.29 is 9.47 Å². The molecule has 0 atom stereocenters. The van der Waals surface area contributed by atoms with Gasteiger partial charge in [-0.25, -0.2) is 0 Å². The molecular formula is C24H19NO2. The van der Waals surface area contributed by atoms with E-state index in [1.165, 1.54) is 33.4 Å². The van der Waals surface area contributed by atoms with Gasteiger partial charge in [0.05, 0.1) is 19.3 Å². The number of benzene rings is 2. The summed E-state index contributed by atoms with van der Waals surface area (Å²) in [5.74, 6) is 2.61. The molecule has 0 bridgehead atoms. The third-order valence-electron chi connectivity index (χ3n) is 5.71. The van der Waals surface area contributed by atoms with Crippen LogP contribution in [0.15, 0.2) is 65.6 Å². The predicted molar refractivity (Wildman–Crippen MR) is 105 cm³/mol. The van der Waals surface area contributed by atoms with Crippen LogP contribution in [0, 0.1) is 11.3 Å². The van der Waals surface area contributed by atoms with Crippen molar-refractivity contribution in [3.05, 3.63) is 87.9 Å². The Morgan fingerprint density at radius 1 is 0.963 bits per heavy atom. The lowest BCUT2D eigenvalue weighted by Gasteiger charge is -2.35.